The van der Waals surface area contributed by atoms with E-state index in [4.69, 9.17) is 11.6 Å². The highest BCUT2D eigenvalue weighted by Crippen LogP contribution is 2.28. The number of para-hydroxylation sites is 1. The van der Waals surface area contributed by atoms with Gasteiger partial charge in [-0.05, 0) is 34.1 Å². The van der Waals surface area contributed by atoms with Crippen LogP contribution in [0.3, 0.4) is 0 Å². The normalized spacial score (nSPS) is 14.8. The standard InChI is InChI=1S/C16H14BrClN4/c17-14-9-13(18)11-20-16(14)22-7-5-21(6-8-22)15-4-2-1-3-12(15)10-19/h1-4,9,11H,5-8H2. The monoisotopic (exact) mass is 376 g/mol. The molecule has 22 heavy (non-hydrogen) atoms. The second-order valence-electron chi connectivity index (χ2n) is 5.06. The van der Waals surface area contributed by atoms with Crippen LogP contribution < -0.4 is 9.80 Å². The molecule has 4 nitrogen and oxygen atoms in total. The number of benzene rings is 1. The number of rotatable bonds is 2. The highest BCUT2D eigenvalue weighted by Gasteiger charge is 2.21. The van der Waals surface area contributed by atoms with Crippen LogP contribution in [0.25, 0.3) is 0 Å². The number of anilines is 2. The van der Waals surface area contributed by atoms with Crippen LogP contribution in [0.15, 0.2) is 41.0 Å². The second kappa shape index (κ2) is 6.55. The number of pyridine rings is 1. The summed E-state index contributed by atoms with van der Waals surface area (Å²) < 4.78 is 0.908. The molecule has 1 fully saturated rings. The molecule has 1 aromatic carbocycles. The Bertz CT molecular complexity index is 720. The van der Waals surface area contributed by atoms with Crippen LogP contribution in [0.2, 0.25) is 5.02 Å². The van der Waals surface area contributed by atoms with E-state index in [1.807, 2.05) is 30.3 Å². The van der Waals surface area contributed by atoms with Gasteiger partial charge in [0.15, 0.2) is 0 Å². The number of aromatic nitrogens is 1. The number of hydrogen-bond donors (Lipinski definition) is 0. The van der Waals surface area contributed by atoms with E-state index < -0.39 is 0 Å². The average molecular weight is 378 g/mol. The van der Waals surface area contributed by atoms with Gasteiger partial charge in [-0.2, -0.15) is 5.26 Å². The summed E-state index contributed by atoms with van der Waals surface area (Å²) in [6, 6.07) is 11.9. The molecule has 0 aliphatic carbocycles. The smallest absolute Gasteiger partial charge is 0.143 e. The van der Waals surface area contributed by atoms with E-state index >= 15 is 0 Å². The fraction of sp³-hybridized carbons (Fsp3) is 0.250. The quantitative estimate of drug-likeness (QED) is 0.800. The van der Waals surface area contributed by atoms with Gasteiger partial charge in [-0.15, -0.1) is 0 Å². The Balaban J connectivity index is 1.74. The van der Waals surface area contributed by atoms with Gasteiger partial charge >= 0.3 is 0 Å². The zero-order valence-electron chi connectivity index (χ0n) is 11.8. The van der Waals surface area contributed by atoms with Crippen molar-refractivity contribution >= 4 is 39.0 Å². The highest BCUT2D eigenvalue weighted by atomic mass is 79.9. The number of nitriles is 1. The van der Waals surface area contributed by atoms with Crippen molar-refractivity contribution in [2.75, 3.05) is 36.0 Å². The predicted molar refractivity (Wildman–Crippen MR) is 92.5 cm³/mol. The zero-order valence-corrected chi connectivity index (χ0v) is 14.2. The van der Waals surface area contributed by atoms with E-state index in [1.165, 1.54) is 0 Å². The fourth-order valence-corrected chi connectivity index (χ4v) is 3.53. The lowest BCUT2D eigenvalue weighted by Gasteiger charge is -2.37. The molecular formula is C16H14BrClN4. The first-order valence-corrected chi connectivity index (χ1v) is 8.16. The minimum atomic E-state index is 0.622. The first kappa shape index (κ1) is 15.1. The first-order valence-electron chi connectivity index (χ1n) is 6.99. The Hall–Kier alpha value is -1.77. The summed E-state index contributed by atoms with van der Waals surface area (Å²) in [6.45, 7) is 3.42. The van der Waals surface area contributed by atoms with E-state index in [-0.39, 0.29) is 0 Å². The predicted octanol–water partition coefficient (Wildman–Crippen LogP) is 3.70. The Morgan fingerprint density at radius 2 is 1.82 bits per heavy atom. The van der Waals surface area contributed by atoms with Gasteiger partial charge in [-0.1, -0.05) is 23.7 Å². The van der Waals surface area contributed by atoms with Crippen LogP contribution >= 0.6 is 27.5 Å². The van der Waals surface area contributed by atoms with Crippen molar-refractivity contribution in [2.45, 2.75) is 0 Å². The van der Waals surface area contributed by atoms with Gasteiger partial charge in [0.2, 0.25) is 0 Å². The largest absolute Gasteiger partial charge is 0.367 e. The minimum absolute atomic E-state index is 0.622. The molecule has 0 radical (unpaired) electrons. The lowest BCUT2D eigenvalue weighted by molar-refractivity contribution is 0.646. The molecule has 112 valence electrons. The summed E-state index contributed by atoms with van der Waals surface area (Å²) in [5.74, 6) is 0.914. The van der Waals surface area contributed by atoms with Gasteiger partial charge < -0.3 is 9.80 Å². The Labute approximate surface area is 143 Å². The zero-order chi connectivity index (χ0) is 15.5. The van der Waals surface area contributed by atoms with Crippen LogP contribution in [0.4, 0.5) is 11.5 Å². The number of nitrogens with zero attached hydrogens (tertiary/aromatic N) is 4. The van der Waals surface area contributed by atoms with Crippen molar-refractivity contribution in [3.05, 3.63) is 51.6 Å². The third-order valence-electron chi connectivity index (χ3n) is 3.73. The molecule has 0 spiro atoms. The van der Waals surface area contributed by atoms with E-state index in [1.54, 1.807) is 6.20 Å². The highest BCUT2D eigenvalue weighted by molar-refractivity contribution is 9.10. The van der Waals surface area contributed by atoms with Crippen LogP contribution in [-0.4, -0.2) is 31.2 Å². The molecule has 1 aliphatic rings. The lowest BCUT2D eigenvalue weighted by atomic mass is 10.1. The SMILES string of the molecule is N#Cc1ccccc1N1CCN(c2ncc(Cl)cc2Br)CC1. The Morgan fingerprint density at radius 1 is 1.14 bits per heavy atom. The number of piperazine rings is 1. The summed E-state index contributed by atoms with van der Waals surface area (Å²) in [4.78, 5) is 8.89. The molecule has 0 atom stereocenters. The molecule has 6 heteroatoms. The average Bonchev–Trinajstić information content (AvgIpc) is 2.55. The maximum atomic E-state index is 9.23. The Kier molecular flexibility index (Phi) is 4.51. The van der Waals surface area contributed by atoms with Gasteiger partial charge in [0.1, 0.15) is 11.9 Å². The molecule has 1 aromatic heterocycles. The van der Waals surface area contributed by atoms with Gasteiger partial charge in [0.05, 0.1) is 20.7 Å². The molecule has 0 unspecified atom stereocenters. The van der Waals surface area contributed by atoms with Gasteiger partial charge in [0.25, 0.3) is 0 Å². The molecule has 0 saturated carbocycles. The maximum Gasteiger partial charge on any atom is 0.143 e. The van der Waals surface area contributed by atoms with E-state index in [2.05, 4.69) is 36.8 Å². The summed E-state index contributed by atoms with van der Waals surface area (Å²) in [7, 11) is 0. The molecule has 0 N–H and O–H groups in total. The van der Waals surface area contributed by atoms with Gasteiger partial charge in [-0.3, -0.25) is 0 Å². The van der Waals surface area contributed by atoms with Crippen molar-refractivity contribution in [1.29, 1.82) is 5.26 Å². The molecule has 0 amide bonds. The third kappa shape index (κ3) is 3.03. The molecule has 2 heterocycles. The van der Waals surface area contributed by atoms with E-state index in [9.17, 15) is 5.26 Å². The fourth-order valence-electron chi connectivity index (χ4n) is 2.64. The first-order chi connectivity index (χ1) is 10.7. The van der Waals surface area contributed by atoms with Gasteiger partial charge in [-0.25, -0.2) is 4.98 Å². The Morgan fingerprint density at radius 3 is 2.50 bits per heavy atom. The maximum absolute atomic E-state index is 9.23. The number of hydrogen-bond acceptors (Lipinski definition) is 4. The number of halogens is 2. The van der Waals surface area contributed by atoms with Crippen molar-refractivity contribution in [3.8, 4) is 6.07 Å². The van der Waals surface area contributed by atoms with Crippen molar-refractivity contribution in [3.63, 3.8) is 0 Å². The van der Waals surface area contributed by atoms with Crippen molar-refractivity contribution < 1.29 is 0 Å². The second-order valence-corrected chi connectivity index (χ2v) is 6.35. The van der Waals surface area contributed by atoms with Gasteiger partial charge in [0, 0.05) is 32.4 Å². The molecule has 3 rings (SSSR count). The summed E-state index contributed by atoms with van der Waals surface area (Å²) >= 11 is 9.46. The third-order valence-corrected chi connectivity index (χ3v) is 4.52. The summed E-state index contributed by atoms with van der Waals surface area (Å²) in [5, 5.41) is 9.85. The molecule has 2 aromatic rings. The van der Waals surface area contributed by atoms with Crippen LogP contribution in [-0.2, 0) is 0 Å². The summed E-state index contributed by atoms with van der Waals surface area (Å²) in [5.41, 5.74) is 1.73. The molecule has 0 bridgehead atoms. The van der Waals surface area contributed by atoms with Crippen molar-refractivity contribution in [2.24, 2.45) is 0 Å². The minimum Gasteiger partial charge on any atom is -0.367 e. The van der Waals surface area contributed by atoms with E-state index in [0.717, 1.165) is 47.7 Å². The van der Waals surface area contributed by atoms with Crippen LogP contribution in [0.5, 0.6) is 0 Å². The summed E-state index contributed by atoms with van der Waals surface area (Å²) in [6.07, 6.45) is 1.67. The molecular weight excluding hydrogens is 364 g/mol. The topological polar surface area (TPSA) is 43.2 Å². The molecule has 1 aliphatic heterocycles. The van der Waals surface area contributed by atoms with Crippen molar-refractivity contribution in [1.82, 2.24) is 4.98 Å². The van der Waals surface area contributed by atoms with E-state index in [0.29, 0.717) is 5.02 Å². The van der Waals surface area contributed by atoms with Crippen LogP contribution in [0, 0.1) is 11.3 Å². The lowest BCUT2D eigenvalue weighted by Crippen LogP contribution is -2.47. The molecule has 1 saturated heterocycles. The van der Waals surface area contributed by atoms with Crippen LogP contribution in [0.1, 0.15) is 5.56 Å².